The van der Waals surface area contributed by atoms with E-state index in [1.165, 1.54) is 25.7 Å². The van der Waals surface area contributed by atoms with Crippen molar-refractivity contribution in [2.24, 2.45) is 5.92 Å². The van der Waals surface area contributed by atoms with Gasteiger partial charge in [-0.1, -0.05) is 26.7 Å². The maximum atomic E-state index is 2.65. The zero-order valence-corrected chi connectivity index (χ0v) is 10.9. The minimum Gasteiger partial charge on any atom is -0.287 e. The monoisotopic (exact) mass is 204 g/mol. The van der Waals surface area contributed by atoms with Crippen molar-refractivity contribution in [1.82, 2.24) is 0 Å². The largest absolute Gasteiger partial charge is 0.287 e. The summed E-state index contributed by atoms with van der Waals surface area (Å²) in [6.45, 7) is 4.69. The smallest absolute Gasteiger partial charge is 0.0332 e. The average molecular weight is 204 g/mol. The molecular weight excluding hydrogens is 176 g/mol. The van der Waals surface area contributed by atoms with Gasteiger partial charge in [0, 0.05) is 0 Å². The molecule has 0 aromatic heterocycles. The molecule has 1 aliphatic rings. The first-order valence-electron chi connectivity index (χ1n) is 5.98. The Balaban J connectivity index is 2.54. The fourth-order valence-corrected chi connectivity index (χ4v) is 8.36. The quantitative estimate of drug-likeness (QED) is 0.665. The minimum atomic E-state index is -1.16. The van der Waals surface area contributed by atoms with Gasteiger partial charge in [0.05, 0.1) is 0 Å². The Morgan fingerprint density at radius 1 is 1.23 bits per heavy atom. The van der Waals surface area contributed by atoms with Crippen LogP contribution in [0.2, 0.25) is 0 Å². The second kappa shape index (κ2) is 3.84. The molecule has 0 spiro atoms. The molecule has 0 aromatic carbocycles. The molecule has 0 saturated carbocycles. The molecular formula is C12H28S. The van der Waals surface area contributed by atoms with Crippen LogP contribution >= 0.6 is 9.16 Å². The normalized spacial score (nSPS) is 33.8. The van der Waals surface area contributed by atoms with Gasteiger partial charge in [0.1, 0.15) is 0 Å². The van der Waals surface area contributed by atoms with Gasteiger partial charge in [-0.25, -0.2) is 0 Å². The third-order valence-electron chi connectivity index (χ3n) is 4.03. The van der Waals surface area contributed by atoms with Crippen LogP contribution in [-0.4, -0.2) is 29.8 Å². The van der Waals surface area contributed by atoms with Crippen LogP contribution in [0.5, 0.6) is 0 Å². The molecule has 0 amide bonds. The van der Waals surface area contributed by atoms with E-state index in [1.54, 1.807) is 17.3 Å². The van der Waals surface area contributed by atoms with E-state index in [2.05, 4.69) is 26.4 Å². The molecule has 0 bridgehead atoms. The maximum absolute atomic E-state index is 2.65. The van der Waals surface area contributed by atoms with Crippen LogP contribution in [0.15, 0.2) is 0 Å². The highest BCUT2D eigenvalue weighted by atomic mass is 32.3. The maximum Gasteiger partial charge on any atom is -0.0332 e. The molecule has 1 heteroatoms. The summed E-state index contributed by atoms with van der Waals surface area (Å²) < 4.78 is 0. The fourth-order valence-electron chi connectivity index (χ4n) is 2.92. The van der Waals surface area contributed by atoms with E-state index in [1.807, 2.05) is 0 Å². The number of thiol groups is 1. The Hall–Kier alpha value is 0.350. The fraction of sp³-hybridized carbons (Fsp3) is 1.00. The van der Waals surface area contributed by atoms with Crippen molar-refractivity contribution in [2.45, 2.75) is 39.5 Å². The molecule has 1 aliphatic heterocycles. The lowest BCUT2D eigenvalue weighted by Gasteiger charge is -2.52. The van der Waals surface area contributed by atoms with E-state index >= 15 is 0 Å². The van der Waals surface area contributed by atoms with E-state index in [0.717, 1.165) is 5.92 Å². The summed E-state index contributed by atoms with van der Waals surface area (Å²) in [5.41, 5.74) is 0. The zero-order valence-electron chi connectivity index (χ0n) is 9.97. The summed E-state index contributed by atoms with van der Waals surface area (Å²) in [4.78, 5) is 0. The van der Waals surface area contributed by atoms with Crippen molar-refractivity contribution in [3.05, 3.63) is 0 Å². The van der Waals surface area contributed by atoms with Crippen LogP contribution in [0.3, 0.4) is 0 Å². The molecule has 1 fully saturated rings. The first-order valence-corrected chi connectivity index (χ1v) is 9.67. The first kappa shape index (κ1) is 11.4. The van der Waals surface area contributed by atoms with Crippen molar-refractivity contribution in [3.8, 4) is 0 Å². The Morgan fingerprint density at radius 3 is 2.38 bits per heavy atom. The third-order valence-corrected chi connectivity index (χ3v) is 9.43. The lowest BCUT2D eigenvalue weighted by atomic mass is 10.1. The summed E-state index contributed by atoms with van der Waals surface area (Å²) in [5.74, 6) is 5.83. The van der Waals surface area contributed by atoms with Crippen LogP contribution in [0.1, 0.15) is 39.5 Å². The van der Waals surface area contributed by atoms with Gasteiger partial charge in [-0.05, 0) is 48.5 Å². The SMILES string of the molecule is CCCC[SH]1(C)(C)CCC(CC)C1. The predicted molar refractivity (Wildman–Crippen MR) is 68.7 cm³/mol. The van der Waals surface area contributed by atoms with Gasteiger partial charge in [0.25, 0.3) is 0 Å². The zero-order chi connectivity index (χ0) is 9.97. The highest BCUT2D eigenvalue weighted by Gasteiger charge is 2.38. The van der Waals surface area contributed by atoms with Crippen LogP contribution in [0.25, 0.3) is 0 Å². The van der Waals surface area contributed by atoms with E-state index in [0.29, 0.717) is 0 Å². The second-order valence-electron chi connectivity index (χ2n) is 6.06. The van der Waals surface area contributed by atoms with Gasteiger partial charge in [-0.3, -0.25) is 9.16 Å². The molecule has 1 rings (SSSR count). The number of rotatable bonds is 4. The van der Waals surface area contributed by atoms with E-state index < -0.39 is 9.16 Å². The third kappa shape index (κ3) is 2.90. The molecule has 1 atom stereocenters. The molecule has 0 N–H and O–H groups in total. The number of hydrogen-bond donors (Lipinski definition) is 1. The average Bonchev–Trinajstić information content (AvgIpc) is 2.41. The first-order chi connectivity index (χ1) is 5.98. The topological polar surface area (TPSA) is 0 Å². The molecule has 82 valence electrons. The van der Waals surface area contributed by atoms with Gasteiger partial charge < -0.3 is 0 Å². The Morgan fingerprint density at radius 2 is 1.92 bits per heavy atom. The van der Waals surface area contributed by atoms with Crippen molar-refractivity contribution in [2.75, 3.05) is 29.8 Å². The highest BCUT2D eigenvalue weighted by molar-refractivity contribution is 8.48. The predicted octanol–water partition coefficient (Wildman–Crippen LogP) is 3.55. The molecule has 13 heavy (non-hydrogen) atoms. The summed E-state index contributed by atoms with van der Waals surface area (Å²) in [6, 6.07) is 0. The van der Waals surface area contributed by atoms with Gasteiger partial charge >= 0.3 is 0 Å². The van der Waals surface area contributed by atoms with Crippen LogP contribution < -0.4 is 0 Å². The van der Waals surface area contributed by atoms with Gasteiger partial charge in [0.15, 0.2) is 0 Å². The van der Waals surface area contributed by atoms with Gasteiger partial charge in [-0.15, -0.1) is 0 Å². The number of hydrogen-bond acceptors (Lipinski definition) is 0. The Kier molecular flexibility index (Phi) is 3.38. The Bertz CT molecular complexity index is 172. The molecule has 0 nitrogen and oxygen atoms in total. The summed E-state index contributed by atoms with van der Waals surface area (Å²) >= 11 is 0. The van der Waals surface area contributed by atoms with E-state index in [9.17, 15) is 0 Å². The minimum absolute atomic E-state index is 1.07. The number of unbranched alkanes of at least 4 members (excludes halogenated alkanes) is 1. The lowest BCUT2D eigenvalue weighted by molar-refractivity contribution is 0.577. The van der Waals surface area contributed by atoms with Gasteiger partial charge in [0.2, 0.25) is 0 Å². The van der Waals surface area contributed by atoms with Crippen LogP contribution in [0.4, 0.5) is 0 Å². The van der Waals surface area contributed by atoms with Gasteiger partial charge in [-0.2, -0.15) is 0 Å². The molecule has 1 heterocycles. The molecule has 0 radical (unpaired) electrons. The summed E-state index contributed by atoms with van der Waals surface area (Å²) in [6.07, 6.45) is 11.1. The summed E-state index contributed by atoms with van der Waals surface area (Å²) in [5, 5.41) is 0. The standard InChI is InChI=1S/C12H28S/c1-5-7-9-13(3,4)10-8-12(6-2)11-13/h12-13H,5-11H2,1-4H3. The molecule has 0 aromatic rings. The van der Waals surface area contributed by atoms with Crippen LogP contribution in [-0.2, 0) is 0 Å². The molecule has 0 aliphatic carbocycles. The molecule has 1 unspecified atom stereocenters. The van der Waals surface area contributed by atoms with E-state index in [-0.39, 0.29) is 0 Å². The van der Waals surface area contributed by atoms with Crippen molar-refractivity contribution >= 4 is 9.16 Å². The lowest BCUT2D eigenvalue weighted by Crippen LogP contribution is -2.22. The van der Waals surface area contributed by atoms with E-state index in [4.69, 9.17) is 0 Å². The Labute approximate surface area is 84.8 Å². The van der Waals surface area contributed by atoms with Crippen LogP contribution in [0, 0.1) is 5.92 Å². The van der Waals surface area contributed by atoms with Crippen molar-refractivity contribution in [3.63, 3.8) is 0 Å². The summed E-state index contributed by atoms with van der Waals surface area (Å²) in [7, 11) is -1.16. The molecule has 1 saturated heterocycles. The van der Waals surface area contributed by atoms with Crippen molar-refractivity contribution < 1.29 is 0 Å². The van der Waals surface area contributed by atoms with Crippen molar-refractivity contribution in [1.29, 1.82) is 0 Å². The second-order valence-corrected chi connectivity index (χ2v) is 13.4. The highest BCUT2D eigenvalue weighted by Crippen LogP contribution is 2.69.